The summed E-state index contributed by atoms with van der Waals surface area (Å²) >= 11 is 0. The number of rotatable bonds is 7. The van der Waals surface area contributed by atoms with E-state index in [2.05, 4.69) is 30.3 Å². The van der Waals surface area contributed by atoms with Crippen LogP contribution in [0, 0.1) is 35.0 Å². The molecule has 0 saturated heterocycles. The molecule has 0 aliphatic heterocycles. The average Bonchev–Trinajstić information content (AvgIpc) is 3.21. The zero-order valence-electron chi connectivity index (χ0n) is 27.6. The van der Waals surface area contributed by atoms with Gasteiger partial charge in [-0.1, -0.05) is 121 Å². The van der Waals surface area contributed by atoms with E-state index < -0.39 is 0 Å². The fourth-order valence-electron chi connectivity index (χ4n) is 8.54. The molecule has 0 amide bonds. The lowest BCUT2D eigenvalue weighted by atomic mass is 9.31. The predicted octanol–water partition coefficient (Wildman–Crippen LogP) is 9.30. The molecule has 7 aromatic rings. The van der Waals surface area contributed by atoms with Gasteiger partial charge in [-0.05, 0) is 60.1 Å². The Balaban J connectivity index is 1.02. The molecule has 3 aliphatic rings. The van der Waals surface area contributed by atoms with Gasteiger partial charge in [0.25, 0.3) is 0 Å². The van der Waals surface area contributed by atoms with Crippen LogP contribution in [0.1, 0.15) is 29.9 Å². The zero-order valence-corrected chi connectivity index (χ0v) is 27.6. The summed E-state index contributed by atoms with van der Waals surface area (Å²) in [7, 11) is 0. The van der Waals surface area contributed by atoms with Crippen molar-refractivity contribution >= 4 is 0 Å². The molecule has 7 nitrogen and oxygen atoms in total. The van der Waals surface area contributed by atoms with Crippen LogP contribution in [-0.4, -0.2) is 29.9 Å². The number of hydrogen-bond donors (Lipinski definition) is 0. The first-order chi connectivity index (χ1) is 25.2. The molecule has 2 aromatic heterocycles. The molecule has 2 heterocycles. The van der Waals surface area contributed by atoms with Crippen molar-refractivity contribution in [2.24, 2.45) is 23.7 Å². The Bertz CT molecular complexity index is 2380. The van der Waals surface area contributed by atoms with Crippen molar-refractivity contribution in [3.8, 4) is 74.4 Å². The van der Waals surface area contributed by atoms with Crippen LogP contribution in [0.5, 0.6) is 0 Å². The molecule has 0 spiro atoms. The Morgan fingerprint density at radius 2 is 0.824 bits per heavy atom. The molecule has 242 valence electrons. The molecule has 10 rings (SSSR count). The van der Waals surface area contributed by atoms with Crippen LogP contribution in [0.2, 0.25) is 0 Å². The van der Waals surface area contributed by atoms with Gasteiger partial charge in [-0.25, -0.2) is 29.9 Å². The predicted molar refractivity (Wildman–Crippen MR) is 196 cm³/mol. The van der Waals surface area contributed by atoms with Gasteiger partial charge in [-0.3, -0.25) is 0 Å². The van der Waals surface area contributed by atoms with E-state index in [1.165, 1.54) is 18.4 Å². The maximum Gasteiger partial charge on any atom is 0.164 e. The lowest BCUT2D eigenvalue weighted by Gasteiger charge is -2.73. The van der Waals surface area contributed by atoms with E-state index in [1.807, 2.05) is 103 Å². The first kappa shape index (κ1) is 29.5. The number of nitrogens with zero attached hydrogens (tertiary/aromatic N) is 7. The highest BCUT2D eigenvalue weighted by molar-refractivity contribution is 5.71. The van der Waals surface area contributed by atoms with E-state index in [9.17, 15) is 5.26 Å². The molecule has 2 atom stereocenters. The number of hydrogen-bond acceptors (Lipinski definition) is 7. The summed E-state index contributed by atoms with van der Waals surface area (Å²) < 4.78 is 0. The van der Waals surface area contributed by atoms with Gasteiger partial charge in [0, 0.05) is 33.4 Å². The van der Waals surface area contributed by atoms with Crippen LogP contribution in [0.25, 0.3) is 68.3 Å². The molecule has 5 aromatic carbocycles. The van der Waals surface area contributed by atoms with Gasteiger partial charge in [0.15, 0.2) is 34.9 Å². The minimum absolute atomic E-state index is 0.523. The van der Waals surface area contributed by atoms with Crippen LogP contribution in [0.3, 0.4) is 0 Å². The van der Waals surface area contributed by atoms with Crippen LogP contribution >= 0.6 is 0 Å². The Morgan fingerprint density at radius 1 is 0.431 bits per heavy atom. The van der Waals surface area contributed by atoms with Crippen LogP contribution < -0.4 is 0 Å². The summed E-state index contributed by atoms with van der Waals surface area (Å²) in [5.74, 6) is 7.98. The molecule has 3 aliphatic carbocycles. The van der Waals surface area contributed by atoms with Crippen LogP contribution in [0.4, 0.5) is 0 Å². The van der Waals surface area contributed by atoms with Crippen LogP contribution in [0.15, 0.2) is 133 Å². The maximum atomic E-state index is 9.60. The molecular formula is C44H31N7. The zero-order chi connectivity index (χ0) is 33.9. The highest BCUT2D eigenvalue weighted by Crippen LogP contribution is 2.75. The second-order valence-electron chi connectivity index (χ2n) is 13.9. The normalized spacial score (nSPS) is 21.0. The first-order valence-corrected chi connectivity index (χ1v) is 17.5. The van der Waals surface area contributed by atoms with Gasteiger partial charge in [-0.2, -0.15) is 5.26 Å². The summed E-state index contributed by atoms with van der Waals surface area (Å²) in [6.45, 7) is 0. The topological polar surface area (TPSA) is 101 Å². The fourth-order valence-corrected chi connectivity index (χ4v) is 8.54. The molecule has 3 fully saturated rings. The van der Waals surface area contributed by atoms with Crippen molar-refractivity contribution in [3.05, 3.63) is 145 Å². The van der Waals surface area contributed by atoms with E-state index >= 15 is 0 Å². The first-order valence-electron chi connectivity index (χ1n) is 17.5. The van der Waals surface area contributed by atoms with Crippen LogP contribution in [-0.2, 0) is 0 Å². The summed E-state index contributed by atoms with van der Waals surface area (Å²) in [6, 6.07) is 46.4. The standard InChI is InChI=1S/C44H31N7/c45-25-26-8-7-13-33(22-26)44-50-42(30-16-14-27(15-17-30)37-35-23-34-24-36(37)38(34)35)49-43(51-44)32-20-18-31(19-21-32)41-47-39(28-9-3-1-4-10-28)46-40(48-41)29-11-5-2-6-12-29/h1-22,34-38H,23-24H2. The molecule has 0 bridgehead atoms. The highest BCUT2D eigenvalue weighted by atomic mass is 15.0. The van der Waals surface area contributed by atoms with Crippen molar-refractivity contribution in [2.75, 3.05) is 0 Å². The number of nitriles is 1. The SMILES string of the molecule is N#Cc1cccc(-c2nc(-c3ccc(-c4nc(-c5ccccc5)nc(-c5ccccc5)n4)cc3)nc(-c3ccc(C4C5CC6CC4C65)cc3)n2)c1. The Hall–Kier alpha value is -6.39. The van der Waals surface area contributed by atoms with E-state index in [0.29, 0.717) is 46.4 Å². The molecule has 2 unspecified atom stereocenters. The Kier molecular flexibility index (Phi) is 6.88. The molecule has 7 heteroatoms. The number of benzene rings is 5. The Morgan fingerprint density at radius 3 is 1.24 bits per heavy atom. The van der Waals surface area contributed by atoms with Gasteiger partial charge in [0.1, 0.15) is 0 Å². The van der Waals surface area contributed by atoms with Crippen molar-refractivity contribution in [1.29, 1.82) is 5.26 Å². The van der Waals surface area contributed by atoms with E-state index in [0.717, 1.165) is 57.1 Å². The van der Waals surface area contributed by atoms with Crippen molar-refractivity contribution in [3.63, 3.8) is 0 Å². The van der Waals surface area contributed by atoms with E-state index in [1.54, 1.807) is 6.07 Å². The molecule has 3 saturated carbocycles. The third-order valence-electron chi connectivity index (χ3n) is 11.1. The summed E-state index contributed by atoms with van der Waals surface area (Å²) in [6.07, 6.45) is 2.81. The fraction of sp³-hybridized carbons (Fsp3) is 0.159. The van der Waals surface area contributed by atoms with Crippen molar-refractivity contribution in [2.45, 2.75) is 18.8 Å². The number of aromatic nitrogens is 6. The largest absolute Gasteiger partial charge is 0.208 e. The second-order valence-corrected chi connectivity index (χ2v) is 13.9. The molecule has 51 heavy (non-hydrogen) atoms. The van der Waals surface area contributed by atoms with Gasteiger partial charge >= 0.3 is 0 Å². The minimum atomic E-state index is 0.523. The van der Waals surface area contributed by atoms with Gasteiger partial charge in [-0.15, -0.1) is 0 Å². The molecule has 0 N–H and O–H groups in total. The second kappa shape index (κ2) is 11.9. The average molecular weight is 658 g/mol. The van der Waals surface area contributed by atoms with Crippen molar-refractivity contribution < 1.29 is 0 Å². The summed E-state index contributed by atoms with van der Waals surface area (Å²) in [5, 5.41) is 9.60. The van der Waals surface area contributed by atoms with E-state index in [-0.39, 0.29) is 0 Å². The summed E-state index contributed by atoms with van der Waals surface area (Å²) in [4.78, 5) is 29.4. The minimum Gasteiger partial charge on any atom is -0.208 e. The monoisotopic (exact) mass is 657 g/mol. The van der Waals surface area contributed by atoms with Gasteiger partial charge in [0.2, 0.25) is 0 Å². The lowest BCUT2D eigenvalue weighted by molar-refractivity contribution is -0.214. The van der Waals surface area contributed by atoms with E-state index in [4.69, 9.17) is 29.9 Å². The van der Waals surface area contributed by atoms with Gasteiger partial charge in [0.05, 0.1) is 11.6 Å². The Labute approximate surface area is 295 Å². The third kappa shape index (κ3) is 5.11. The third-order valence-corrected chi connectivity index (χ3v) is 11.1. The molecular weight excluding hydrogens is 627 g/mol. The highest BCUT2D eigenvalue weighted by Gasteiger charge is 2.67. The summed E-state index contributed by atoms with van der Waals surface area (Å²) in [5.41, 5.74) is 7.24. The lowest BCUT2D eigenvalue weighted by Crippen LogP contribution is -2.65. The smallest absolute Gasteiger partial charge is 0.164 e. The van der Waals surface area contributed by atoms with Gasteiger partial charge < -0.3 is 0 Å². The maximum absolute atomic E-state index is 9.60. The van der Waals surface area contributed by atoms with Crippen molar-refractivity contribution in [1.82, 2.24) is 29.9 Å². The molecule has 0 radical (unpaired) electrons. The quantitative estimate of drug-likeness (QED) is 0.168.